The highest BCUT2D eigenvalue weighted by atomic mass is 79.9. The number of thioether (sulfide) groups is 1. The Kier molecular flexibility index (Phi) is 7.09. The highest BCUT2D eigenvalue weighted by molar-refractivity contribution is 9.10. The first-order valence-corrected chi connectivity index (χ1v) is 10.8. The third-order valence-electron chi connectivity index (χ3n) is 4.39. The predicted molar refractivity (Wildman–Crippen MR) is 119 cm³/mol. The molecule has 0 bridgehead atoms. The number of carbonyl (C=O) groups is 2. The van der Waals surface area contributed by atoms with Crippen LogP contribution >= 0.6 is 27.7 Å². The summed E-state index contributed by atoms with van der Waals surface area (Å²) in [4.78, 5) is 37.5. The van der Waals surface area contributed by atoms with E-state index >= 15 is 0 Å². The average molecular weight is 502 g/mol. The van der Waals surface area contributed by atoms with Crippen LogP contribution in [0.3, 0.4) is 0 Å². The number of halogens is 1. The van der Waals surface area contributed by atoms with E-state index < -0.39 is 16.1 Å². The quantitative estimate of drug-likeness (QED) is 0.190. The van der Waals surface area contributed by atoms with Crippen molar-refractivity contribution in [3.05, 3.63) is 79.3 Å². The fourth-order valence-electron chi connectivity index (χ4n) is 3.01. The molecule has 158 valence electrons. The van der Waals surface area contributed by atoms with Crippen molar-refractivity contribution in [2.24, 2.45) is 0 Å². The van der Waals surface area contributed by atoms with Crippen LogP contribution < -0.4 is 4.90 Å². The molecule has 0 saturated carbocycles. The van der Waals surface area contributed by atoms with E-state index in [1.807, 2.05) is 6.07 Å². The van der Waals surface area contributed by atoms with Crippen molar-refractivity contribution in [3.63, 3.8) is 0 Å². The molecule has 1 aliphatic heterocycles. The number of nitro groups is 1. The van der Waals surface area contributed by atoms with Crippen LogP contribution in [-0.2, 0) is 20.7 Å². The molecule has 0 N–H and O–H groups in total. The van der Waals surface area contributed by atoms with Crippen LogP contribution in [0.5, 0.6) is 0 Å². The zero-order valence-corrected chi connectivity index (χ0v) is 18.7. The van der Waals surface area contributed by atoms with E-state index in [1.54, 1.807) is 43.3 Å². The van der Waals surface area contributed by atoms with Crippen molar-refractivity contribution in [3.8, 4) is 6.07 Å². The second-order valence-corrected chi connectivity index (χ2v) is 8.51. The molecule has 8 nitrogen and oxygen atoms in total. The van der Waals surface area contributed by atoms with Crippen molar-refractivity contribution >= 4 is 50.9 Å². The number of hydrogen-bond acceptors (Lipinski definition) is 7. The lowest BCUT2D eigenvalue weighted by Gasteiger charge is -2.18. The SMILES string of the molecule is CCOC(=O)/C(C#N)=C1\S[C@H](Cc2cccc([N+](=O)[O-])c2)C(=O)N1c1ccc(Br)cc1. The molecule has 2 aromatic rings. The highest BCUT2D eigenvalue weighted by Gasteiger charge is 2.41. The van der Waals surface area contributed by atoms with Gasteiger partial charge < -0.3 is 4.74 Å². The minimum absolute atomic E-state index is 0.0716. The molecule has 1 saturated heterocycles. The molecular weight excluding hydrogens is 486 g/mol. The molecule has 0 aliphatic carbocycles. The number of esters is 1. The van der Waals surface area contributed by atoms with Gasteiger partial charge in [0.15, 0.2) is 5.57 Å². The third kappa shape index (κ3) is 4.95. The topological polar surface area (TPSA) is 114 Å². The molecule has 1 fully saturated rings. The maximum absolute atomic E-state index is 13.3. The zero-order chi connectivity index (χ0) is 22.5. The summed E-state index contributed by atoms with van der Waals surface area (Å²) in [5.41, 5.74) is 0.767. The Morgan fingerprint density at radius 1 is 1.32 bits per heavy atom. The molecule has 2 aromatic carbocycles. The third-order valence-corrected chi connectivity index (χ3v) is 6.18. The molecule has 1 aliphatic rings. The lowest BCUT2D eigenvalue weighted by atomic mass is 10.1. The molecule has 31 heavy (non-hydrogen) atoms. The first-order chi connectivity index (χ1) is 14.8. The van der Waals surface area contributed by atoms with Gasteiger partial charge in [-0.2, -0.15) is 5.26 Å². The summed E-state index contributed by atoms with van der Waals surface area (Å²) in [6, 6.07) is 14.8. The van der Waals surface area contributed by atoms with Crippen LogP contribution in [0.2, 0.25) is 0 Å². The Morgan fingerprint density at radius 2 is 2.03 bits per heavy atom. The predicted octanol–water partition coefficient (Wildman–Crippen LogP) is 4.35. The maximum Gasteiger partial charge on any atom is 0.351 e. The summed E-state index contributed by atoms with van der Waals surface area (Å²) in [6.45, 7) is 1.72. The van der Waals surface area contributed by atoms with Crippen molar-refractivity contribution < 1.29 is 19.2 Å². The number of nitro benzene ring substituents is 1. The van der Waals surface area contributed by atoms with E-state index in [4.69, 9.17) is 4.74 Å². The van der Waals surface area contributed by atoms with E-state index in [1.165, 1.54) is 17.0 Å². The van der Waals surface area contributed by atoms with E-state index in [0.29, 0.717) is 11.3 Å². The minimum Gasteiger partial charge on any atom is -0.462 e. The number of non-ortho nitro benzene ring substituents is 1. The molecule has 0 aromatic heterocycles. The number of hydrogen-bond donors (Lipinski definition) is 0. The van der Waals surface area contributed by atoms with E-state index in [0.717, 1.165) is 16.2 Å². The van der Waals surface area contributed by atoms with Gasteiger partial charge in [-0.1, -0.05) is 39.8 Å². The fourth-order valence-corrected chi connectivity index (χ4v) is 4.57. The molecule has 1 heterocycles. The molecule has 1 amide bonds. The van der Waals surface area contributed by atoms with Gasteiger partial charge in [-0.05, 0) is 43.2 Å². The van der Waals surface area contributed by atoms with Crippen molar-refractivity contribution in [1.29, 1.82) is 5.26 Å². The second-order valence-electron chi connectivity index (χ2n) is 6.40. The largest absolute Gasteiger partial charge is 0.462 e. The van der Waals surface area contributed by atoms with E-state index in [-0.39, 0.29) is 35.2 Å². The van der Waals surface area contributed by atoms with Gasteiger partial charge in [0.1, 0.15) is 11.1 Å². The van der Waals surface area contributed by atoms with Crippen molar-refractivity contribution in [2.75, 3.05) is 11.5 Å². The molecule has 1 atom stereocenters. The summed E-state index contributed by atoms with van der Waals surface area (Å²) < 4.78 is 5.79. The molecule has 0 radical (unpaired) electrons. The van der Waals surface area contributed by atoms with Gasteiger partial charge in [-0.3, -0.25) is 19.8 Å². The molecule has 0 spiro atoms. The van der Waals surface area contributed by atoms with Crippen LogP contribution in [0.25, 0.3) is 0 Å². The van der Waals surface area contributed by atoms with Crippen LogP contribution in [0.15, 0.2) is 63.6 Å². The second kappa shape index (κ2) is 9.76. The fraction of sp³-hybridized carbons (Fsp3) is 0.190. The molecule has 3 rings (SSSR count). The lowest BCUT2D eigenvalue weighted by molar-refractivity contribution is -0.384. The van der Waals surface area contributed by atoms with Crippen LogP contribution in [0.4, 0.5) is 11.4 Å². The van der Waals surface area contributed by atoms with Gasteiger partial charge in [0.05, 0.1) is 16.8 Å². The van der Waals surface area contributed by atoms with Gasteiger partial charge in [-0.15, -0.1) is 0 Å². The van der Waals surface area contributed by atoms with Gasteiger partial charge >= 0.3 is 5.97 Å². The summed E-state index contributed by atoms with van der Waals surface area (Å²) >= 11 is 4.42. The number of anilines is 1. The van der Waals surface area contributed by atoms with Gasteiger partial charge in [0.2, 0.25) is 5.91 Å². The average Bonchev–Trinajstić information content (AvgIpc) is 3.05. The monoisotopic (exact) mass is 501 g/mol. The van der Waals surface area contributed by atoms with Crippen LogP contribution in [0.1, 0.15) is 12.5 Å². The normalized spacial score (nSPS) is 17.3. The number of benzene rings is 2. The van der Waals surface area contributed by atoms with Crippen LogP contribution in [-0.4, -0.2) is 28.7 Å². The van der Waals surface area contributed by atoms with Crippen LogP contribution in [0, 0.1) is 21.4 Å². The van der Waals surface area contributed by atoms with Gasteiger partial charge in [-0.25, -0.2) is 4.79 Å². The van der Waals surface area contributed by atoms with Gasteiger partial charge in [0.25, 0.3) is 5.69 Å². The number of nitriles is 1. The summed E-state index contributed by atoms with van der Waals surface area (Å²) in [7, 11) is 0. The van der Waals surface area contributed by atoms with E-state index in [9.17, 15) is 25.0 Å². The summed E-state index contributed by atoms with van der Waals surface area (Å²) in [5, 5.41) is 20.2. The standard InChI is InChI=1S/C21H16BrN3O5S/c1-2-30-21(27)17(12-23)20-24(15-8-6-14(22)7-9-15)19(26)18(31-20)11-13-4-3-5-16(10-13)25(28)29/h3-10,18H,2,11H2,1H3/b20-17-/t18-/m1/s1. The van der Waals surface area contributed by atoms with Crippen molar-refractivity contribution in [2.45, 2.75) is 18.6 Å². The Balaban J connectivity index is 2.03. The van der Waals surface area contributed by atoms with Crippen molar-refractivity contribution in [1.82, 2.24) is 0 Å². The first-order valence-electron chi connectivity index (χ1n) is 9.16. The summed E-state index contributed by atoms with van der Waals surface area (Å²) in [6.07, 6.45) is 0.198. The minimum atomic E-state index is -0.807. The highest BCUT2D eigenvalue weighted by Crippen LogP contribution is 2.42. The number of amides is 1. The maximum atomic E-state index is 13.3. The molecular formula is C21H16BrN3O5S. The smallest absolute Gasteiger partial charge is 0.351 e. The first kappa shape index (κ1) is 22.5. The van der Waals surface area contributed by atoms with E-state index in [2.05, 4.69) is 15.9 Å². The number of carbonyl (C=O) groups excluding carboxylic acids is 2. The zero-order valence-electron chi connectivity index (χ0n) is 16.3. The number of nitrogens with zero attached hydrogens (tertiary/aromatic N) is 3. The summed E-state index contributed by atoms with van der Waals surface area (Å²) in [5.74, 6) is -1.13. The molecule has 0 unspecified atom stereocenters. The Hall–Kier alpha value is -3.16. The Labute approximate surface area is 190 Å². The lowest BCUT2D eigenvalue weighted by Crippen LogP contribution is -2.30. The molecule has 10 heteroatoms. The Morgan fingerprint density at radius 3 is 2.65 bits per heavy atom. The number of ether oxygens (including phenoxy) is 1. The van der Waals surface area contributed by atoms with Gasteiger partial charge in [0, 0.05) is 22.3 Å². The Bertz CT molecular complexity index is 1110. The number of rotatable bonds is 6.